The van der Waals surface area contributed by atoms with Crippen LogP contribution in [-0.4, -0.2) is 49.6 Å². The number of ether oxygens (including phenoxy) is 2. The Morgan fingerprint density at radius 3 is 2.16 bits per heavy atom. The molecule has 1 heterocycles. The number of nitrogens with one attached hydrogen (secondary N) is 1. The van der Waals surface area contributed by atoms with Gasteiger partial charge in [-0.25, -0.2) is 0 Å². The van der Waals surface area contributed by atoms with Gasteiger partial charge in [-0.05, 0) is 81.3 Å². The largest absolute Gasteiger partial charge is 0.493 e. The first-order chi connectivity index (χ1) is 15.0. The number of carbonyl (C=O) groups is 2. The quantitative estimate of drug-likeness (QED) is 0.757. The number of hydrogen-bond acceptors (Lipinski definition) is 4. The van der Waals surface area contributed by atoms with Gasteiger partial charge in [0.25, 0.3) is 5.91 Å². The van der Waals surface area contributed by atoms with Gasteiger partial charge in [-0.2, -0.15) is 0 Å². The highest BCUT2D eigenvalue weighted by Crippen LogP contribution is 2.60. The molecule has 4 bridgehead atoms. The number of amides is 2. The predicted octanol–water partition coefficient (Wildman–Crippen LogP) is 3.40. The number of likely N-dealkylation sites (tertiary alicyclic amines) is 1. The van der Waals surface area contributed by atoms with Crippen LogP contribution in [0.25, 0.3) is 0 Å². The number of rotatable bonds is 6. The van der Waals surface area contributed by atoms with E-state index in [-0.39, 0.29) is 24.0 Å². The van der Waals surface area contributed by atoms with E-state index in [2.05, 4.69) is 10.2 Å². The highest BCUT2D eigenvalue weighted by molar-refractivity contribution is 5.83. The summed E-state index contributed by atoms with van der Waals surface area (Å²) in [6, 6.07) is 7.43. The third-order valence-electron chi connectivity index (χ3n) is 8.07. The first-order valence-corrected chi connectivity index (χ1v) is 11.9. The molecule has 5 aliphatic rings. The Bertz CT molecular complexity index is 795. The Hall–Kier alpha value is -2.24. The summed E-state index contributed by atoms with van der Waals surface area (Å²) in [5, 5.41) is 3.08. The van der Waals surface area contributed by atoms with Gasteiger partial charge in [0.2, 0.25) is 5.91 Å². The lowest BCUT2D eigenvalue weighted by atomic mass is 9.49. The first-order valence-electron chi connectivity index (χ1n) is 11.9. The van der Waals surface area contributed by atoms with Gasteiger partial charge in [0.1, 0.15) is 0 Å². The average Bonchev–Trinajstić information content (AvgIpc) is 2.77. The van der Waals surface area contributed by atoms with Gasteiger partial charge in [0.05, 0.1) is 12.5 Å². The fourth-order valence-corrected chi connectivity index (χ4v) is 7.09. The van der Waals surface area contributed by atoms with Gasteiger partial charge in [0, 0.05) is 19.1 Å². The highest BCUT2D eigenvalue weighted by atomic mass is 16.5. The number of nitrogens with zero attached hydrogens (tertiary/aromatic N) is 1. The zero-order valence-corrected chi connectivity index (χ0v) is 18.5. The summed E-state index contributed by atoms with van der Waals surface area (Å²) < 4.78 is 10.9. The van der Waals surface area contributed by atoms with Crippen molar-refractivity contribution in [2.24, 2.45) is 23.2 Å². The molecule has 4 saturated carbocycles. The van der Waals surface area contributed by atoms with E-state index in [1.807, 2.05) is 18.2 Å². The molecule has 31 heavy (non-hydrogen) atoms. The van der Waals surface area contributed by atoms with Crippen LogP contribution < -0.4 is 14.8 Å². The molecule has 4 aliphatic carbocycles. The van der Waals surface area contributed by atoms with Crippen molar-refractivity contribution in [3.05, 3.63) is 24.3 Å². The summed E-state index contributed by atoms with van der Waals surface area (Å²) in [5.74, 6) is 3.83. The summed E-state index contributed by atoms with van der Waals surface area (Å²) in [4.78, 5) is 28.0. The lowest BCUT2D eigenvalue weighted by Crippen LogP contribution is -2.57. The smallest absolute Gasteiger partial charge is 0.258 e. The summed E-state index contributed by atoms with van der Waals surface area (Å²) in [5.41, 5.74) is -0.0621. The highest BCUT2D eigenvalue weighted by Gasteiger charge is 2.55. The van der Waals surface area contributed by atoms with Crippen molar-refractivity contribution < 1.29 is 19.1 Å². The van der Waals surface area contributed by atoms with E-state index in [9.17, 15) is 9.59 Å². The summed E-state index contributed by atoms with van der Waals surface area (Å²) in [6.07, 6.45) is 9.07. The Labute approximate surface area is 184 Å². The molecule has 1 aromatic carbocycles. The fourth-order valence-electron chi connectivity index (χ4n) is 7.09. The fraction of sp³-hybridized carbons (Fsp3) is 0.680. The third kappa shape index (κ3) is 4.13. The van der Waals surface area contributed by atoms with Crippen LogP contribution in [0.1, 0.15) is 51.4 Å². The number of methoxy groups -OCH3 is 1. The lowest BCUT2D eigenvalue weighted by Gasteiger charge is -2.57. The number of piperidine rings is 1. The average molecular weight is 427 g/mol. The molecule has 0 atom stereocenters. The molecule has 1 N–H and O–H groups in total. The summed E-state index contributed by atoms with van der Waals surface area (Å²) in [7, 11) is 1.58. The van der Waals surface area contributed by atoms with Gasteiger partial charge < -0.3 is 19.7 Å². The van der Waals surface area contributed by atoms with Gasteiger partial charge in [0.15, 0.2) is 18.1 Å². The molecule has 2 amide bonds. The van der Waals surface area contributed by atoms with E-state index >= 15 is 0 Å². The number of benzene rings is 1. The van der Waals surface area contributed by atoms with Crippen molar-refractivity contribution in [2.45, 2.75) is 57.4 Å². The maximum Gasteiger partial charge on any atom is 0.258 e. The van der Waals surface area contributed by atoms with Crippen molar-refractivity contribution in [1.29, 1.82) is 0 Å². The monoisotopic (exact) mass is 426 g/mol. The third-order valence-corrected chi connectivity index (χ3v) is 8.07. The van der Waals surface area contributed by atoms with E-state index in [0.29, 0.717) is 17.4 Å². The standard InChI is InChI=1S/C25H34N2O4/c1-30-21-4-2-3-5-22(21)31-16-23(28)26-20-6-8-27(9-7-20)24(29)25-13-17-10-18(14-25)12-19(11-17)15-25/h2-5,17-20H,6-16H2,1H3,(H,26,28). The van der Waals surface area contributed by atoms with Crippen molar-refractivity contribution >= 4 is 11.8 Å². The van der Waals surface area contributed by atoms with Crippen LogP contribution in [0.3, 0.4) is 0 Å². The van der Waals surface area contributed by atoms with Gasteiger partial charge in [-0.1, -0.05) is 12.1 Å². The molecule has 1 saturated heterocycles. The molecule has 0 aromatic heterocycles. The molecule has 6 heteroatoms. The Kier molecular flexibility index (Phi) is 5.57. The maximum atomic E-state index is 13.5. The molecule has 0 spiro atoms. The van der Waals surface area contributed by atoms with E-state index in [1.165, 1.54) is 19.3 Å². The van der Waals surface area contributed by atoms with Crippen molar-refractivity contribution in [1.82, 2.24) is 10.2 Å². The topological polar surface area (TPSA) is 67.9 Å². The van der Waals surface area contributed by atoms with E-state index < -0.39 is 0 Å². The predicted molar refractivity (Wildman–Crippen MR) is 117 cm³/mol. The van der Waals surface area contributed by atoms with Crippen LogP contribution in [0.5, 0.6) is 11.5 Å². The van der Waals surface area contributed by atoms with Crippen LogP contribution in [0.15, 0.2) is 24.3 Å². The van der Waals surface area contributed by atoms with Crippen LogP contribution in [0.4, 0.5) is 0 Å². The number of hydrogen-bond donors (Lipinski definition) is 1. The number of para-hydroxylation sites is 2. The van der Waals surface area contributed by atoms with Gasteiger partial charge in [-0.3, -0.25) is 9.59 Å². The molecule has 6 rings (SSSR count). The molecule has 0 unspecified atom stereocenters. The second kappa shape index (κ2) is 8.36. The zero-order chi connectivity index (χ0) is 21.4. The molecule has 1 aliphatic heterocycles. The maximum absolute atomic E-state index is 13.5. The lowest BCUT2D eigenvalue weighted by molar-refractivity contribution is -0.158. The molecule has 5 fully saturated rings. The minimum absolute atomic E-state index is 0.0349. The van der Waals surface area contributed by atoms with Gasteiger partial charge >= 0.3 is 0 Å². The molecule has 0 radical (unpaired) electrons. The van der Waals surface area contributed by atoms with Crippen LogP contribution in [0, 0.1) is 23.2 Å². The second-order valence-corrected chi connectivity index (χ2v) is 10.3. The minimum atomic E-state index is -0.128. The molecular weight excluding hydrogens is 392 g/mol. The first kappa shape index (κ1) is 20.7. The van der Waals surface area contributed by atoms with Crippen molar-refractivity contribution in [3.63, 3.8) is 0 Å². The Morgan fingerprint density at radius 1 is 1.00 bits per heavy atom. The molecule has 1 aromatic rings. The summed E-state index contributed by atoms with van der Waals surface area (Å²) >= 11 is 0. The van der Waals surface area contributed by atoms with Crippen LogP contribution in [0.2, 0.25) is 0 Å². The molecule has 6 nitrogen and oxygen atoms in total. The number of carbonyl (C=O) groups excluding carboxylic acids is 2. The Balaban J connectivity index is 1.10. The Morgan fingerprint density at radius 2 is 1.58 bits per heavy atom. The van der Waals surface area contributed by atoms with Gasteiger partial charge in [-0.15, -0.1) is 0 Å². The molecule has 168 valence electrons. The SMILES string of the molecule is COc1ccccc1OCC(=O)NC1CCN(C(=O)C23CC4CC(CC(C4)C2)C3)CC1. The van der Waals surface area contributed by atoms with Crippen molar-refractivity contribution in [2.75, 3.05) is 26.8 Å². The van der Waals surface area contributed by atoms with Crippen LogP contribution >= 0.6 is 0 Å². The normalized spacial score (nSPS) is 32.0. The zero-order valence-electron chi connectivity index (χ0n) is 18.5. The molecular formula is C25H34N2O4. The van der Waals surface area contributed by atoms with Crippen molar-refractivity contribution in [3.8, 4) is 11.5 Å². The van der Waals surface area contributed by atoms with Crippen LogP contribution in [-0.2, 0) is 9.59 Å². The second-order valence-electron chi connectivity index (χ2n) is 10.3. The van der Waals surface area contributed by atoms with E-state index in [4.69, 9.17) is 9.47 Å². The summed E-state index contributed by atoms with van der Waals surface area (Å²) in [6.45, 7) is 1.46. The van der Waals surface area contributed by atoms with E-state index in [0.717, 1.165) is 62.9 Å². The minimum Gasteiger partial charge on any atom is -0.493 e. The van der Waals surface area contributed by atoms with E-state index in [1.54, 1.807) is 13.2 Å².